The third kappa shape index (κ3) is 6.54. The van der Waals surface area contributed by atoms with Crippen molar-refractivity contribution in [3.63, 3.8) is 0 Å². The van der Waals surface area contributed by atoms with E-state index in [2.05, 4.69) is 10.0 Å². The average Bonchev–Trinajstić information content (AvgIpc) is 3.41. The maximum Gasteiger partial charge on any atom is 0.248 e. The molecule has 0 radical (unpaired) electrons. The van der Waals surface area contributed by atoms with Gasteiger partial charge in [-0.15, -0.1) is 0 Å². The van der Waals surface area contributed by atoms with Crippen LogP contribution in [0.25, 0.3) is 10.9 Å². The predicted octanol–water partition coefficient (Wildman–Crippen LogP) is 1.41. The number of rotatable bonds is 11. The number of aromatic nitrogens is 1. The number of halogens is 1. The van der Waals surface area contributed by atoms with Gasteiger partial charge in [0.1, 0.15) is 29.2 Å². The first-order chi connectivity index (χ1) is 20.9. The highest BCUT2D eigenvalue weighted by molar-refractivity contribution is 7.89. The zero-order valence-electron chi connectivity index (χ0n) is 24.5. The molecule has 1 aromatic heterocycles. The van der Waals surface area contributed by atoms with Crippen LogP contribution in [0.3, 0.4) is 0 Å². The van der Waals surface area contributed by atoms with Gasteiger partial charge in [0.15, 0.2) is 0 Å². The molecule has 3 aromatic rings. The highest BCUT2D eigenvalue weighted by Gasteiger charge is 2.45. The number of sulfonamides is 2. The number of piperidine rings is 1. The topological polar surface area (TPSA) is 156 Å². The lowest BCUT2D eigenvalue weighted by Gasteiger charge is -2.38. The molecular formula is C29H37FN4O8S2. The number of nitrogens with zero attached hydrogens (tertiary/aromatic N) is 2. The quantitative estimate of drug-likeness (QED) is 0.279. The van der Waals surface area contributed by atoms with Gasteiger partial charge in [-0.2, -0.15) is 4.31 Å². The van der Waals surface area contributed by atoms with Gasteiger partial charge in [-0.05, 0) is 57.5 Å². The van der Waals surface area contributed by atoms with Gasteiger partial charge in [-0.1, -0.05) is 12.1 Å². The molecule has 1 spiro atoms. The number of hydrogen-bond acceptors (Lipinski definition) is 9. The van der Waals surface area contributed by atoms with Gasteiger partial charge in [0, 0.05) is 44.5 Å². The summed E-state index contributed by atoms with van der Waals surface area (Å²) < 4.78 is 82.4. The van der Waals surface area contributed by atoms with Crippen LogP contribution in [0.1, 0.15) is 26.2 Å². The fraction of sp³-hybridized carbons (Fsp3) is 0.483. The monoisotopic (exact) mass is 652 g/mol. The number of para-hydroxylation sites is 1. The molecule has 2 aliphatic rings. The predicted molar refractivity (Wildman–Crippen MR) is 161 cm³/mol. The largest absolute Gasteiger partial charge is 0.491 e. The maximum absolute atomic E-state index is 14.5. The smallest absolute Gasteiger partial charge is 0.248 e. The van der Waals surface area contributed by atoms with Gasteiger partial charge in [0.05, 0.1) is 28.0 Å². The fourth-order valence-corrected chi connectivity index (χ4v) is 8.13. The van der Waals surface area contributed by atoms with Crippen molar-refractivity contribution < 1.29 is 35.8 Å². The summed E-state index contributed by atoms with van der Waals surface area (Å²) in [6, 6.07) is 10.00. The second kappa shape index (κ2) is 12.8. The van der Waals surface area contributed by atoms with Crippen LogP contribution in [0.15, 0.2) is 63.2 Å². The van der Waals surface area contributed by atoms with E-state index in [0.717, 1.165) is 0 Å². The lowest BCUT2D eigenvalue weighted by molar-refractivity contribution is -0.0312. The van der Waals surface area contributed by atoms with Gasteiger partial charge in [-0.3, -0.25) is 4.79 Å². The Labute approximate surface area is 255 Å². The normalized spacial score (nSPS) is 19.9. The summed E-state index contributed by atoms with van der Waals surface area (Å²) in [5, 5.41) is 13.7. The Morgan fingerprint density at radius 3 is 2.59 bits per heavy atom. The summed E-state index contributed by atoms with van der Waals surface area (Å²) in [6.45, 7) is 2.93. The number of benzene rings is 2. The molecule has 2 saturated heterocycles. The molecule has 3 N–H and O–H groups in total. The molecule has 0 bridgehead atoms. The third-order valence-corrected chi connectivity index (χ3v) is 11.6. The van der Waals surface area contributed by atoms with Crippen LogP contribution in [0.2, 0.25) is 0 Å². The second-order valence-electron chi connectivity index (χ2n) is 11.1. The zero-order chi connectivity index (χ0) is 31.7. The minimum absolute atomic E-state index is 0.0253. The molecule has 2 aromatic carbocycles. The molecule has 15 heteroatoms. The van der Waals surface area contributed by atoms with Crippen molar-refractivity contribution in [3.8, 4) is 5.75 Å². The van der Waals surface area contributed by atoms with E-state index in [1.54, 1.807) is 19.1 Å². The number of nitrogens with one attached hydrogen (secondary N) is 2. The number of aliphatic hydroxyl groups excluding tert-OH is 1. The highest BCUT2D eigenvalue weighted by Crippen LogP contribution is 2.37. The molecule has 3 heterocycles. The van der Waals surface area contributed by atoms with Crippen molar-refractivity contribution in [3.05, 3.63) is 64.7 Å². The Morgan fingerprint density at radius 1 is 1.16 bits per heavy atom. The maximum atomic E-state index is 14.5. The van der Waals surface area contributed by atoms with Crippen molar-refractivity contribution in [1.29, 1.82) is 0 Å². The first-order valence-corrected chi connectivity index (χ1v) is 17.3. The van der Waals surface area contributed by atoms with Crippen molar-refractivity contribution in [2.45, 2.75) is 60.3 Å². The van der Waals surface area contributed by atoms with Crippen LogP contribution in [-0.2, 0) is 31.3 Å². The third-order valence-electron chi connectivity index (χ3n) is 8.29. The van der Waals surface area contributed by atoms with E-state index in [-0.39, 0.29) is 53.0 Å². The molecule has 240 valence electrons. The number of ether oxygens (including phenoxy) is 2. The van der Waals surface area contributed by atoms with Crippen molar-refractivity contribution >= 4 is 30.9 Å². The van der Waals surface area contributed by atoms with Crippen LogP contribution in [0, 0.1) is 5.82 Å². The fourth-order valence-electron chi connectivity index (χ4n) is 5.82. The summed E-state index contributed by atoms with van der Waals surface area (Å²) in [5.74, 6) is -0.269. The molecule has 0 saturated carbocycles. The Kier molecular flexibility index (Phi) is 9.47. The number of fused-ring (bicyclic) bond motifs is 1. The van der Waals surface area contributed by atoms with E-state index in [0.29, 0.717) is 38.2 Å². The summed E-state index contributed by atoms with van der Waals surface area (Å²) in [7, 11) is -6.43. The molecule has 2 aliphatic heterocycles. The van der Waals surface area contributed by atoms with E-state index in [4.69, 9.17) is 9.47 Å². The van der Waals surface area contributed by atoms with Gasteiger partial charge in [0.25, 0.3) is 0 Å². The molecule has 2 atom stereocenters. The highest BCUT2D eigenvalue weighted by atomic mass is 32.2. The number of pyridine rings is 1. The van der Waals surface area contributed by atoms with E-state index in [9.17, 15) is 31.1 Å². The molecule has 44 heavy (non-hydrogen) atoms. The number of aliphatic hydroxyl groups is 1. The Bertz CT molecular complexity index is 1790. The van der Waals surface area contributed by atoms with Crippen molar-refractivity contribution in [2.24, 2.45) is 0 Å². The van der Waals surface area contributed by atoms with Crippen LogP contribution >= 0.6 is 0 Å². The minimum Gasteiger partial charge on any atom is -0.491 e. The Balaban J connectivity index is 1.15. The van der Waals surface area contributed by atoms with Gasteiger partial charge < -0.3 is 24.5 Å². The van der Waals surface area contributed by atoms with Gasteiger partial charge in [-0.25, -0.2) is 25.9 Å². The van der Waals surface area contributed by atoms with Crippen LogP contribution < -0.4 is 20.2 Å². The van der Waals surface area contributed by atoms with Crippen molar-refractivity contribution in [1.82, 2.24) is 18.9 Å². The average molecular weight is 653 g/mol. The number of hydrogen-bond donors (Lipinski definition) is 3. The molecule has 12 nitrogen and oxygen atoms in total. The van der Waals surface area contributed by atoms with Crippen LogP contribution in [-0.4, -0.2) is 88.5 Å². The Morgan fingerprint density at radius 2 is 1.89 bits per heavy atom. The van der Waals surface area contributed by atoms with E-state index >= 15 is 0 Å². The molecule has 0 aliphatic carbocycles. The standard InChI is InChI=1S/C29H37FN4O8S2/c1-3-33-17-26(28(36)24-8-5-9-25(30)27(24)33)44(39,40)34-12-10-29(11-13-34)15-20(18-42-29)32-16-21(35)19-41-22-6-4-7-23(14-22)43(37,38)31-2/h4-9,14,17,20-21,31-32,35H,3,10-13,15-16,18-19H2,1-2H3/t20-,21?/m1/s1. The second-order valence-corrected chi connectivity index (χ2v) is 14.9. The number of aryl methyl sites for hydroxylation is 1. The van der Waals surface area contributed by atoms with E-state index in [1.807, 2.05) is 0 Å². The van der Waals surface area contributed by atoms with Crippen LogP contribution in [0.5, 0.6) is 5.75 Å². The molecule has 5 rings (SSSR count). The lowest BCUT2D eigenvalue weighted by atomic mass is 9.88. The van der Waals surface area contributed by atoms with Crippen molar-refractivity contribution in [2.75, 3.05) is 39.9 Å². The summed E-state index contributed by atoms with van der Waals surface area (Å²) >= 11 is 0. The summed E-state index contributed by atoms with van der Waals surface area (Å²) in [4.78, 5) is 12.9. The molecule has 2 fully saturated rings. The SMILES string of the molecule is CCn1cc(S(=O)(=O)N2CCC3(CC2)C[C@@H](NCC(O)COc2cccc(S(=O)(=O)NC)c2)CO3)c(=O)c2cccc(F)c21. The van der Waals surface area contributed by atoms with E-state index < -0.39 is 43.0 Å². The summed E-state index contributed by atoms with van der Waals surface area (Å²) in [6.07, 6.45) is 1.86. The molecular weight excluding hydrogens is 615 g/mol. The Hall–Kier alpha value is -2.92. The van der Waals surface area contributed by atoms with Gasteiger partial charge >= 0.3 is 0 Å². The van der Waals surface area contributed by atoms with E-state index in [1.165, 1.54) is 52.4 Å². The zero-order valence-corrected chi connectivity index (χ0v) is 26.2. The van der Waals surface area contributed by atoms with Crippen LogP contribution in [0.4, 0.5) is 4.39 Å². The van der Waals surface area contributed by atoms with Gasteiger partial charge in [0.2, 0.25) is 25.5 Å². The first-order valence-electron chi connectivity index (χ1n) is 14.4. The lowest BCUT2D eigenvalue weighted by Crippen LogP contribution is -2.47. The molecule has 1 unspecified atom stereocenters. The molecule has 0 amide bonds. The summed E-state index contributed by atoms with van der Waals surface area (Å²) in [5.41, 5.74) is -1.16. The minimum atomic E-state index is -4.13. The first kappa shape index (κ1) is 32.5.